The van der Waals surface area contributed by atoms with Crippen LogP contribution in [0.3, 0.4) is 0 Å². The Hall–Kier alpha value is -1.80. The van der Waals surface area contributed by atoms with Crippen LogP contribution >= 0.6 is 0 Å². The van der Waals surface area contributed by atoms with Crippen LogP contribution in [-0.2, 0) is 10.0 Å². The van der Waals surface area contributed by atoms with Gasteiger partial charge in [-0.25, -0.2) is 18.2 Å². The third-order valence-corrected chi connectivity index (χ3v) is 3.21. The van der Waals surface area contributed by atoms with Crippen molar-refractivity contribution in [2.45, 2.75) is 11.8 Å². The molecule has 0 saturated carbocycles. The minimum atomic E-state index is -3.73. The van der Waals surface area contributed by atoms with Crippen LogP contribution in [-0.4, -0.2) is 28.6 Å². The van der Waals surface area contributed by atoms with Gasteiger partial charge in [0, 0.05) is 0 Å². The third-order valence-electron chi connectivity index (χ3n) is 2.16. The molecule has 0 amide bonds. The van der Waals surface area contributed by atoms with Crippen molar-refractivity contribution in [2.24, 2.45) is 5.14 Å². The van der Waals surface area contributed by atoms with Crippen molar-refractivity contribution in [3.05, 3.63) is 30.1 Å². The number of hydrogen-bond acceptors (Lipinski definition) is 5. The Balaban J connectivity index is 2.67. The van der Waals surface area contributed by atoms with E-state index in [1.165, 1.54) is 17.1 Å². The summed E-state index contributed by atoms with van der Waals surface area (Å²) in [4.78, 5) is 0.0699. The van der Waals surface area contributed by atoms with E-state index in [4.69, 9.17) is 5.14 Å². The van der Waals surface area contributed by atoms with Gasteiger partial charge in [0.2, 0.25) is 10.0 Å². The maximum atomic E-state index is 11.3. The summed E-state index contributed by atoms with van der Waals surface area (Å²) in [5.74, 6) is 0. The molecule has 0 radical (unpaired) electrons. The molecule has 1 aromatic carbocycles. The van der Waals surface area contributed by atoms with Crippen molar-refractivity contribution >= 4 is 10.0 Å². The molecule has 0 unspecified atom stereocenters. The molecule has 0 aliphatic carbocycles. The summed E-state index contributed by atoms with van der Waals surface area (Å²) in [6, 6.07) is 4.74. The van der Waals surface area contributed by atoms with E-state index in [0.717, 1.165) is 0 Å². The number of benzene rings is 1. The fraction of sp³-hybridized carbons (Fsp3) is 0.125. The third kappa shape index (κ3) is 1.79. The summed E-state index contributed by atoms with van der Waals surface area (Å²) in [5, 5.41) is 15.7. The van der Waals surface area contributed by atoms with E-state index in [0.29, 0.717) is 11.3 Å². The van der Waals surface area contributed by atoms with Crippen molar-refractivity contribution in [2.75, 3.05) is 0 Å². The number of rotatable bonds is 2. The van der Waals surface area contributed by atoms with Crippen LogP contribution in [0.4, 0.5) is 0 Å². The van der Waals surface area contributed by atoms with Gasteiger partial charge in [0.1, 0.15) is 6.33 Å². The summed E-state index contributed by atoms with van der Waals surface area (Å²) >= 11 is 0. The smallest absolute Gasteiger partial charge is 0.225 e. The molecule has 2 rings (SSSR count). The van der Waals surface area contributed by atoms with Gasteiger partial charge in [-0.3, -0.25) is 0 Å². The van der Waals surface area contributed by atoms with Gasteiger partial charge in [-0.2, -0.15) is 0 Å². The molecule has 0 atom stereocenters. The Labute approximate surface area is 91.9 Å². The summed E-state index contributed by atoms with van der Waals surface area (Å²) in [6.45, 7) is 1.65. The van der Waals surface area contributed by atoms with E-state index >= 15 is 0 Å². The number of tetrazole rings is 1. The highest BCUT2D eigenvalue weighted by Gasteiger charge is 2.14. The molecule has 0 bridgehead atoms. The Morgan fingerprint density at radius 2 is 2.12 bits per heavy atom. The van der Waals surface area contributed by atoms with E-state index < -0.39 is 10.0 Å². The average Bonchev–Trinajstić information content (AvgIpc) is 2.69. The highest BCUT2D eigenvalue weighted by molar-refractivity contribution is 7.89. The van der Waals surface area contributed by atoms with Gasteiger partial charge < -0.3 is 0 Å². The zero-order valence-electron chi connectivity index (χ0n) is 8.40. The van der Waals surface area contributed by atoms with Gasteiger partial charge >= 0.3 is 0 Å². The van der Waals surface area contributed by atoms with Gasteiger partial charge in [0.15, 0.2) is 0 Å². The lowest BCUT2D eigenvalue weighted by Crippen LogP contribution is -2.15. The molecule has 2 aromatic rings. The SMILES string of the molecule is Cc1c(-n2cnnn2)cccc1S(N)(=O)=O. The van der Waals surface area contributed by atoms with E-state index in [1.807, 2.05) is 0 Å². The second-order valence-electron chi connectivity index (χ2n) is 3.20. The fourth-order valence-corrected chi connectivity index (χ4v) is 2.23. The van der Waals surface area contributed by atoms with E-state index in [1.54, 1.807) is 19.1 Å². The zero-order valence-corrected chi connectivity index (χ0v) is 9.22. The molecule has 1 aromatic heterocycles. The van der Waals surface area contributed by atoms with Crippen molar-refractivity contribution < 1.29 is 8.42 Å². The number of nitrogens with two attached hydrogens (primary N) is 1. The molecule has 0 aliphatic rings. The van der Waals surface area contributed by atoms with Gasteiger partial charge in [0.05, 0.1) is 10.6 Å². The largest absolute Gasteiger partial charge is 0.238 e. The lowest BCUT2D eigenvalue weighted by atomic mass is 10.2. The monoisotopic (exact) mass is 239 g/mol. The molecule has 8 heteroatoms. The van der Waals surface area contributed by atoms with Crippen LogP contribution in [0.25, 0.3) is 5.69 Å². The van der Waals surface area contributed by atoms with E-state index in [-0.39, 0.29) is 4.90 Å². The second-order valence-corrected chi connectivity index (χ2v) is 4.73. The maximum Gasteiger partial charge on any atom is 0.238 e. The number of hydrogen-bond donors (Lipinski definition) is 1. The van der Waals surface area contributed by atoms with Crippen molar-refractivity contribution in [1.82, 2.24) is 20.2 Å². The topological polar surface area (TPSA) is 104 Å². The van der Waals surface area contributed by atoms with Crippen molar-refractivity contribution in [1.29, 1.82) is 0 Å². The molecule has 84 valence electrons. The van der Waals surface area contributed by atoms with Gasteiger partial charge in [0.25, 0.3) is 0 Å². The van der Waals surface area contributed by atoms with Crippen LogP contribution in [0, 0.1) is 6.92 Å². The molecule has 16 heavy (non-hydrogen) atoms. The molecule has 0 saturated heterocycles. The van der Waals surface area contributed by atoms with Crippen molar-refractivity contribution in [3.8, 4) is 5.69 Å². The molecule has 0 fully saturated rings. The normalized spacial score (nSPS) is 11.6. The first-order chi connectivity index (χ1) is 7.50. The zero-order chi connectivity index (χ0) is 11.8. The summed E-state index contributed by atoms with van der Waals surface area (Å²) < 4.78 is 24.0. The number of aromatic nitrogens is 4. The van der Waals surface area contributed by atoms with Gasteiger partial charge in [-0.15, -0.1) is 5.10 Å². The van der Waals surface area contributed by atoms with Gasteiger partial charge in [-0.1, -0.05) is 6.07 Å². The lowest BCUT2D eigenvalue weighted by molar-refractivity contribution is 0.597. The minimum absolute atomic E-state index is 0.0699. The van der Waals surface area contributed by atoms with E-state index in [9.17, 15) is 8.42 Å². The molecular formula is C8H9N5O2S. The Morgan fingerprint density at radius 1 is 1.38 bits per heavy atom. The minimum Gasteiger partial charge on any atom is -0.225 e. The molecule has 2 N–H and O–H groups in total. The molecule has 7 nitrogen and oxygen atoms in total. The second kappa shape index (κ2) is 3.65. The Morgan fingerprint density at radius 3 is 2.69 bits per heavy atom. The highest BCUT2D eigenvalue weighted by atomic mass is 32.2. The fourth-order valence-electron chi connectivity index (χ4n) is 1.43. The Bertz CT molecular complexity index is 605. The molecule has 0 aliphatic heterocycles. The predicted molar refractivity (Wildman–Crippen MR) is 55.3 cm³/mol. The predicted octanol–water partition coefficient (Wildman–Crippen LogP) is -0.382. The molecular weight excluding hydrogens is 230 g/mol. The standard InChI is InChI=1S/C8H9N5O2S/c1-6-7(13-5-10-11-12-13)3-2-4-8(6)16(9,14)15/h2-5H,1H3,(H2,9,14,15). The first-order valence-electron chi connectivity index (χ1n) is 4.36. The first kappa shape index (κ1) is 10.7. The number of nitrogens with zero attached hydrogens (tertiary/aromatic N) is 4. The number of sulfonamides is 1. The average molecular weight is 239 g/mol. The van der Waals surface area contributed by atoms with Crippen LogP contribution in [0.1, 0.15) is 5.56 Å². The number of primary sulfonamides is 1. The summed E-state index contributed by atoms with van der Waals surface area (Å²) in [6.07, 6.45) is 1.38. The lowest BCUT2D eigenvalue weighted by Gasteiger charge is -2.08. The van der Waals surface area contributed by atoms with Crippen molar-refractivity contribution in [3.63, 3.8) is 0 Å². The quantitative estimate of drug-likeness (QED) is 0.769. The van der Waals surface area contributed by atoms with Gasteiger partial charge in [-0.05, 0) is 35.0 Å². The highest BCUT2D eigenvalue weighted by Crippen LogP contribution is 2.19. The summed E-state index contributed by atoms with van der Waals surface area (Å²) in [5.41, 5.74) is 1.09. The van der Waals surface area contributed by atoms with Crippen LogP contribution in [0.5, 0.6) is 0 Å². The Kier molecular flexibility index (Phi) is 2.44. The summed E-state index contributed by atoms with van der Waals surface area (Å²) in [7, 11) is -3.73. The van der Waals surface area contributed by atoms with Crippen LogP contribution < -0.4 is 5.14 Å². The molecule has 0 spiro atoms. The molecule has 1 heterocycles. The first-order valence-corrected chi connectivity index (χ1v) is 5.90. The van der Waals surface area contributed by atoms with Crippen LogP contribution in [0.2, 0.25) is 0 Å². The maximum absolute atomic E-state index is 11.3. The van der Waals surface area contributed by atoms with E-state index in [2.05, 4.69) is 15.5 Å². The van der Waals surface area contributed by atoms with Crippen LogP contribution in [0.15, 0.2) is 29.4 Å².